The van der Waals surface area contributed by atoms with Crippen LogP contribution in [0.5, 0.6) is 5.75 Å². The maximum atomic E-state index is 12.5. The third kappa shape index (κ3) is 6.09. The van der Waals surface area contributed by atoms with Crippen LogP contribution >= 0.6 is 0 Å². The van der Waals surface area contributed by atoms with E-state index in [9.17, 15) is 9.59 Å². The minimum Gasteiger partial charge on any atom is -0.482 e. The number of aliphatic hydroxyl groups excluding tert-OH is 1. The summed E-state index contributed by atoms with van der Waals surface area (Å²) in [6, 6.07) is 16.9. The first-order valence-electron chi connectivity index (χ1n) is 11.1. The zero-order valence-corrected chi connectivity index (χ0v) is 18.5. The number of aliphatic hydroxyl groups is 1. The first kappa shape index (κ1) is 22.8. The van der Waals surface area contributed by atoms with Crippen molar-refractivity contribution in [1.82, 2.24) is 10.2 Å². The Morgan fingerprint density at radius 2 is 1.79 bits per heavy atom. The molecule has 1 amide bonds. The molecular formula is C26H28N2O5. The molecule has 7 nitrogen and oxygen atoms in total. The Morgan fingerprint density at radius 3 is 2.45 bits per heavy atom. The van der Waals surface area contributed by atoms with Crippen molar-refractivity contribution in [3.05, 3.63) is 99.1 Å². The lowest BCUT2D eigenvalue weighted by molar-refractivity contribution is 0.0952. The van der Waals surface area contributed by atoms with Crippen LogP contribution in [0.15, 0.2) is 70.1 Å². The van der Waals surface area contributed by atoms with Crippen LogP contribution in [0.2, 0.25) is 0 Å². The summed E-state index contributed by atoms with van der Waals surface area (Å²) >= 11 is 0. The van der Waals surface area contributed by atoms with Crippen LogP contribution in [0.4, 0.5) is 0 Å². The Hall–Kier alpha value is -3.42. The lowest BCUT2D eigenvalue weighted by Crippen LogP contribution is -2.24. The van der Waals surface area contributed by atoms with Crippen molar-refractivity contribution >= 4 is 5.91 Å². The molecule has 0 aliphatic carbocycles. The van der Waals surface area contributed by atoms with Gasteiger partial charge in [0.25, 0.3) is 5.91 Å². The van der Waals surface area contributed by atoms with Gasteiger partial charge in [-0.1, -0.05) is 36.4 Å². The summed E-state index contributed by atoms with van der Waals surface area (Å²) < 4.78 is 11.3. The van der Waals surface area contributed by atoms with Crippen molar-refractivity contribution in [3.8, 4) is 5.75 Å². The number of hydrogen-bond donors (Lipinski definition) is 2. The quantitative estimate of drug-likeness (QED) is 0.463. The van der Waals surface area contributed by atoms with Crippen molar-refractivity contribution < 1.29 is 19.1 Å². The normalized spacial score (nSPS) is 13.0. The monoisotopic (exact) mass is 448 g/mol. The second-order valence-electron chi connectivity index (χ2n) is 8.16. The Kier molecular flexibility index (Phi) is 7.55. The number of nitrogens with zero attached hydrogens (tertiary/aromatic N) is 1. The maximum absolute atomic E-state index is 12.5. The number of unbranched alkanes of at least 4 members (excludes halogenated alkanes) is 1. The molecule has 0 saturated carbocycles. The molecule has 0 fully saturated rings. The van der Waals surface area contributed by atoms with E-state index in [1.165, 1.54) is 23.5 Å². The number of hydrogen-bond acceptors (Lipinski definition) is 6. The van der Waals surface area contributed by atoms with E-state index in [4.69, 9.17) is 14.3 Å². The van der Waals surface area contributed by atoms with Gasteiger partial charge in [-0.15, -0.1) is 0 Å². The molecule has 0 unspecified atom stereocenters. The van der Waals surface area contributed by atoms with Gasteiger partial charge >= 0.3 is 0 Å². The molecule has 1 aliphatic heterocycles. The average Bonchev–Trinajstić information content (AvgIpc) is 3.24. The molecule has 0 radical (unpaired) electrons. The van der Waals surface area contributed by atoms with E-state index in [2.05, 4.69) is 22.3 Å². The predicted octanol–water partition coefficient (Wildman–Crippen LogP) is 3.24. The molecular weight excluding hydrogens is 420 g/mol. The summed E-state index contributed by atoms with van der Waals surface area (Å²) in [5, 5.41) is 11.6. The molecule has 2 heterocycles. The number of carbonyl (C=O) groups is 1. The highest BCUT2D eigenvalue weighted by atomic mass is 16.5. The molecule has 1 aliphatic rings. The first-order valence-corrected chi connectivity index (χ1v) is 11.1. The molecule has 4 rings (SSSR count). The molecule has 172 valence electrons. The Morgan fingerprint density at radius 1 is 1.06 bits per heavy atom. The molecule has 2 N–H and O–H groups in total. The third-order valence-corrected chi connectivity index (χ3v) is 5.62. The van der Waals surface area contributed by atoms with Gasteiger partial charge in [0.2, 0.25) is 11.2 Å². The summed E-state index contributed by atoms with van der Waals surface area (Å²) in [5.41, 5.74) is 3.79. The lowest BCUT2D eigenvalue weighted by atomic mass is 10.1. The highest BCUT2D eigenvalue weighted by Crippen LogP contribution is 2.24. The van der Waals surface area contributed by atoms with Gasteiger partial charge in [-0.05, 0) is 41.7 Å². The lowest BCUT2D eigenvalue weighted by Gasteiger charge is -2.14. The SMILES string of the molecule is O=C(NCCCCO)c1ccc(COc2coc(CN3Cc4ccccc4C3)cc2=O)cc1. The van der Waals surface area contributed by atoms with Crippen molar-refractivity contribution in [3.63, 3.8) is 0 Å². The number of amides is 1. The maximum Gasteiger partial charge on any atom is 0.251 e. The Balaban J connectivity index is 1.27. The molecule has 3 aromatic rings. The van der Waals surface area contributed by atoms with Crippen molar-refractivity contribution in [1.29, 1.82) is 0 Å². The van der Waals surface area contributed by atoms with Gasteiger partial charge < -0.3 is 19.6 Å². The van der Waals surface area contributed by atoms with Gasteiger partial charge in [-0.3, -0.25) is 14.5 Å². The number of rotatable bonds is 10. The van der Waals surface area contributed by atoms with E-state index >= 15 is 0 Å². The van der Waals surface area contributed by atoms with Crippen molar-refractivity contribution in [2.24, 2.45) is 0 Å². The van der Waals surface area contributed by atoms with Crippen LogP contribution < -0.4 is 15.5 Å². The molecule has 33 heavy (non-hydrogen) atoms. The largest absolute Gasteiger partial charge is 0.482 e. The molecule has 0 bridgehead atoms. The summed E-state index contributed by atoms with van der Waals surface area (Å²) in [4.78, 5) is 26.8. The van der Waals surface area contributed by atoms with E-state index in [0.717, 1.165) is 25.1 Å². The van der Waals surface area contributed by atoms with Gasteiger partial charge in [0.1, 0.15) is 18.6 Å². The number of nitrogens with one attached hydrogen (secondary N) is 1. The number of ether oxygens (including phenoxy) is 1. The Bertz CT molecular complexity index is 1110. The minimum absolute atomic E-state index is 0.124. The topological polar surface area (TPSA) is 92.0 Å². The van der Waals surface area contributed by atoms with Gasteiger partial charge in [0, 0.05) is 37.9 Å². The van der Waals surface area contributed by atoms with Crippen LogP contribution in [0.1, 0.15) is 45.7 Å². The third-order valence-electron chi connectivity index (χ3n) is 5.62. The van der Waals surface area contributed by atoms with Gasteiger partial charge in [-0.2, -0.15) is 0 Å². The fourth-order valence-corrected chi connectivity index (χ4v) is 3.82. The number of benzene rings is 2. The molecule has 2 aromatic carbocycles. The summed E-state index contributed by atoms with van der Waals surface area (Å²) in [7, 11) is 0. The van der Waals surface area contributed by atoms with Crippen LogP contribution in [0.25, 0.3) is 0 Å². The van der Waals surface area contributed by atoms with Gasteiger partial charge in [0.05, 0.1) is 6.54 Å². The second kappa shape index (κ2) is 10.9. The fourth-order valence-electron chi connectivity index (χ4n) is 3.82. The summed E-state index contributed by atoms with van der Waals surface area (Å²) in [6.07, 6.45) is 2.77. The van der Waals surface area contributed by atoms with Crippen LogP contribution in [0, 0.1) is 0 Å². The van der Waals surface area contributed by atoms with Crippen molar-refractivity contribution in [2.45, 2.75) is 39.1 Å². The molecule has 7 heteroatoms. The highest BCUT2D eigenvalue weighted by Gasteiger charge is 2.19. The molecule has 0 atom stereocenters. The second-order valence-corrected chi connectivity index (χ2v) is 8.16. The van der Waals surface area contributed by atoms with E-state index in [1.54, 1.807) is 24.3 Å². The molecule has 0 saturated heterocycles. The van der Waals surface area contributed by atoms with E-state index < -0.39 is 0 Å². The number of carbonyl (C=O) groups excluding carboxylic acids is 1. The Labute approximate surface area is 192 Å². The van der Waals surface area contributed by atoms with Gasteiger partial charge in [0.15, 0.2) is 0 Å². The predicted molar refractivity (Wildman–Crippen MR) is 124 cm³/mol. The zero-order chi connectivity index (χ0) is 23.0. The molecule has 1 aromatic heterocycles. The van der Waals surface area contributed by atoms with E-state index in [1.807, 2.05) is 12.1 Å². The van der Waals surface area contributed by atoms with Crippen molar-refractivity contribution in [2.75, 3.05) is 13.2 Å². The standard InChI is InChI=1S/C26H28N2O5/c29-12-4-3-11-27-26(31)20-9-7-19(8-10-20)17-33-25-18-32-23(13-24(25)30)16-28-14-21-5-1-2-6-22(21)15-28/h1-2,5-10,13,18,29H,3-4,11-12,14-17H2,(H,27,31). The summed E-state index contributed by atoms with van der Waals surface area (Å²) in [6.45, 7) is 3.10. The highest BCUT2D eigenvalue weighted by molar-refractivity contribution is 5.94. The average molecular weight is 449 g/mol. The van der Waals surface area contributed by atoms with Crippen LogP contribution in [0.3, 0.4) is 0 Å². The first-order chi connectivity index (χ1) is 16.1. The smallest absolute Gasteiger partial charge is 0.251 e. The fraction of sp³-hybridized carbons (Fsp3) is 0.308. The van der Waals surface area contributed by atoms with Gasteiger partial charge in [-0.25, -0.2) is 0 Å². The van der Waals surface area contributed by atoms with Crippen LogP contribution in [-0.2, 0) is 26.2 Å². The summed E-state index contributed by atoms with van der Waals surface area (Å²) in [5.74, 6) is 0.612. The van der Waals surface area contributed by atoms with E-state index in [0.29, 0.717) is 30.8 Å². The van der Waals surface area contributed by atoms with Crippen LogP contribution in [-0.4, -0.2) is 29.1 Å². The minimum atomic E-state index is -0.216. The molecule has 0 spiro atoms. The zero-order valence-electron chi connectivity index (χ0n) is 18.5. The number of fused-ring (bicyclic) bond motifs is 1. The van der Waals surface area contributed by atoms with E-state index in [-0.39, 0.29) is 30.3 Å².